The maximum absolute atomic E-state index is 13.1. The Morgan fingerprint density at radius 3 is 1.88 bits per heavy atom. The van der Waals surface area contributed by atoms with Crippen molar-refractivity contribution in [2.24, 2.45) is 11.5 Å². The lowest BCUT2D eigenvalue weighted by Gasteiger charge is -2.10. The van der Waals surface area contributed by atoms with E-state index in [4.69, 9.17) is 11.5 Å². The van der Waals surface area contributed by atoms with E-state index in [2.05, 4.69) is 31.9 Å². The molecule has 144 valence electrons. The zero-order chi connectivity index (χ0) is 20.1. The first-order valence-corrected chi connectivity index (χ1v) is 9.05. The fourth-order valence-electron chi connectivity index (χ4n) is 2.03. The quantitative estimate of drug-likeness (QED) is 0.530. The van der Waals surface area contributed by atoms with Crippen LogP contribution in [-0.4, -0.2) is 0 Å². The van der Waals surface area contributed by atoms with Gasteiger partial charge in [-0.1, -0.05) is 28.9 Å². The van der Waals surface area contributed by atoms with Crippen LogP contribution in [0.25, 0.3) is 0 Å². The Hall–Kier alpha value is -1.03. The van der Waals surface area contributed by atoms with Crippen LogP contribution in [0.3, 0.4) is 0 Å². The number of rotatable bonds is 3. The molecular weight excluding hydrogens is 487 g/mol. The molecule has 0 heterocycles. The van der Waals surface area contributed by atoms with Gasteiger partial charge in [0.15, 0.2) is 0 Å². The minimum absolute atomic E-state index is 0.160. The second-order valence-electron chi connectivity index (χ2n) is 5.23. The van der Waals surface area contributed by atoms with Crippen molar-refractivity contribution in [2.45, 2.75) is 32.6 Å². The number of hydrogen-bond acceptors (Lipinski definition) is 2. The van der Waals surface area contributed by atoms with Crippen LogP contribution in [0.4, 0.5) is 22.0 Å². The molecule has 2 nitrogen and oxygen atoms in total. The van der Waals surface area contributed by atoms with Crippen LogP contribution in [0.15, 0.2) is 33.2 Å². The third kappa shape index (κ3) is 6.00. The highest BCUT2D eigenvalue weighted by Crippen LogP contribution is 2.33. The normalized spacial score (nSPS) is 11.2. The van der Waals surface area contributed by atoms with E-state index in [9.17, 15) is 22.0 Å². The van der Waals surface area contributed by atoms with Crippen LogP contribution in [0, 0.1) is 11.6 Å². The third-order valence-corrected chi connectivity index (χ3v) is 4.78. The molecule has 9 heteroatoms. The zero-order valence-electron chi connectivity index (χ0n) is 13.7. The first kappa shape index (κ1) is 23.0. The van der Waals surface area contributed by atoms with Gasteiger partial charge < -0.3 is 11.5 Å². The Bertz CT molecular complexity index is 739. The summed E-state index contributed by atoms with van der Waals surface area (Å²) < 4.78 is 63.4. The van der Waals surface area contributed by atoms with Gasteiger partial charge in [-0.05, 0) is 46.1 Å². The highest BCUT2D eigenvalue weighted by Gasteiger charge is 2.31. The van der Waals surface area contributed by atoms with Gasteiger partial charge in [0.2, 0.25) is 0 Å². The van der Waals surface area contributed by atoms with E-state index in [1.807, 2.05) is 6.92 Å². The Labute approximate surface area is 165 Å². The highest BCUT2D eigenvalue weighted by atomic mass is 79.9. The monoisotopic (exact) mass is 502 g/mol. The minimum Gasteiger partial charge on any atom is -0.326 e. The molecule has 0 unspecified atom stereocenters. The van der Waals surface area contributed by atoms with Crippen LogP contribution >= 0.6 is 31.9 Å². The molecule has 4 N–H and O–H groups in total. The fourth-order valence-corrected chi connectivity index (χ4v) is 3.13. The van der Waals surface area contributed by atoms with E-state index in [1.54, 1.807) is 6.07 Å². The standard InChI is InChI=1S/C9H11BrFN.C8H6BrF4N/c1-2-6-3-7(5-12)9(11)4-8(6)10;9-6-2-5(8(11,12)13)1-4(3-14)7(6)10/h3-4H,2,5,12H2,1H3;1-2H,3,14H2. The lowest BCUT2D eigenvalue weighted by molar-refractivity contribution is -0.137. The summed E-state index contributed by atoms with van der Waals surface area (Å²) in [5, 5.41) is 0. The van der Waals surface area contributed by atoms with Crippen LogP contribution in [-0.2, 0) is 25.7 Å². The summed E-state index contributed by atoms with van der Waals surface area (Å²) in [7, 11) is 0. The summed E-state index contributed by atoms with van der Waals surface area (Å²) in [6.45, 7) is 2.01. The summed E-state index contributed by atoms with van der Waals surface area (Å²) in [5.74, 6) is -0.984. The Kier molecular flexibility index (Phi) is 8.65. The van der Waals surface area contributed by atoms with Crippen molar-refractivity contribution in [3.8, 4) is 0 Å². The molecule has 0 atom stereocenters. The second kappa shape index (κ2) is 9.77. The number of alkyl halides is 3. The lowest BCUT2D eigenvalue weighted by Crippen LogP contribution is -2.09. The second-order valence-corrected chi connectivity index (χ2v) is 6.93. The van der Waals surface area contributed by atoms with Crippen molar-refractivity contribution in [1.82, 2.24) is 0 Å². The van der Waals surface area contributed by atoms with Crippen molar-refractivity contribution < 1.29 is 22.0 Å². The predicted molar refractivity (Wildman–Crippen MR) is 98.4 cm³/mol. The largest absolute Gasteiger partial charge is 0.416 e. The molecular formula is C17H17Br2F5N2. The smallest absolute Gasteiger partial charge is 0.326 e. The van der Waals surface area contributed by atoms with Crippen LogP contribution in [0.5, 0.6) is 0 Å². The molecule has 0 fully saturated rings. The molecule has 0 aromatic heterocycles. The molecule has 0 bridgehead atoms. The van der Waals surface area contributed by atoms with Crippen LogP contribution in [0.2, 0.25) is 0 Å². The van der Waals surface area contributed by atoms with Gasteiger partial charge in [0.25, 0.3) is 0 Å². The summed E-state index contributed by atoms with van der Waals surface area (Å²) in [6, 6.07) is 4.68. The van der Waals surface area contributed by atoms with E-state index < -0.39 is 17.6 Å². The van der Waals surface area contributed by atoms with Gasteiger partial charge in [-0.3, -0.25) is 0 Å². The average Bonchev–Trinajstić information content (AvgIpc) is 2.57. The molecule has 2 aromatic rings. The molecule has 0 radical (unpaired) electrons. The van der Waals surface area contributed by atoms with Crippen LogP contribution < -0.4 is 11.5 Å². The van der Waals surface area contributed by atoms with E-state index in [0.29, 0.717) is 17.7 Å². The summed E-state index contributed by atoms with van der Waals surface area (Å²) in [6.07, 6.45) is -3.60. The maximum Gasteiger partial charge on any atom is 0.416 e. The number of halogens is 7. The van der Waals surface area contributed by atoms with Crippen molar-refractivity contribution in [1.29, 1.82) is 0 Å². The van der Waals surface area contributed by atoms with Crippen LogP contribution in [0.1, 0.15) is 29.2 Å². The van der Waals surface area contributed by atoms with E-state index in [0.717, 1.165) is 16.5 Å². The van der Waals surface area contributed by atoms with Crippen molar-refractivity contribution in [3.63, 3.8) is 0 Å². The van der Waals surface area contributed by atoms with Crippen molar-refractivity contribution in [2.75, 3.05) is 0 Å². The molecule has 0 spiro atoms. The predicted octanol–water partition coefficient (Wildman–Crippen LogP) is 5.68. The van der Waals surface area contributed by atoms with E-state index in [1.165, 1.54) is 6.07 Å². The molecule has 0 amide bonds. The first-order chi connectivity index (χ1) is 12.0. The van der Waals surface area contributed by atoms with E-state index >= 15 is 0 Å². The fraction of sp³-hybridized carbons (Fsp3) is 0.294. The summed E-state index contributed by atoms with van der Waals surface area (Å²) in [5.41, 5.74) is 11.1. The molecule has 26 heavy (non-hydrogen) atoms. The van der Waals surface area contributed by atoms with Gasteiger partial charge in [0.1, 0.15) is 11.6 Å². The first-order valence-electron chi connectivity index (χ1n) is 7.47. The SMILES string of the molecule is CCc1cc(CN)c(F)cc1Br.NCc1cc(C(F)(F)F)cc(Br)c1F. The Morgan fingerprint density at radius 2 is 1.42 bits per heavy atom. The molecule has 0 saturated heterocycles. The van der Waals surface area contributed by atoms with Gasteiger partial charge in [-0.15, -0.1) is 0 Å². The zero-order valence-corrected chi connectivity index (χ0v) is 16.9. The topological polar surface area (TPSA) is 52.0 Å². The Morgan fingerprint density at radius 1 is 0.846 bits per heavy atom. The van der Waals surface area contributed by atoms with Gasteiger partial charge in [0.05, 0.1) is 10.0 Å². The average molecular weight is 504 g/mol. The Balaban J connectivity index is 0.000000263. The van der Waals surface area contributed by atoms with Crippen molar-refractivity contribution >= 4 is 31.9 Å². The number of hydrogen-bond donors (Lipinski definition) is 2. The van der Waals surface area contributed by atoms with Gasteiger partial charge in [-0.25, -0.2) is 8.78 Å². The third-order valence-electron chi connectivity index (χ3n) is 3.47. The van der Waals surface area contributed by atoms with Crippen molar-refractivity contribution in [3.05, 3.63) is 67.1 Å². The van der Waals surface area contributed by atoms with Gasteiger partial charge >= 0.3 is 6.18 Å². The maximum atomic E-state index is 13.1. The molecule has 0 saturated carbocycles. The van der Waals surface area contributed by atoms with Gasteiger partial charge in [0, 0.05) is 28.7 Å². The number of benzene rings is 2. The number of nitrogens with two attached hydrogens (primary N) is 2. The summed E-state index contributed by atoms with van der Waals surface area (Å²) in [4.78, 5) is 0. The van der Waals surface area contributed by atoms with Gasteiger partial charge in [-0.2, -0.15) is 13.2 Å². The molecule has 2 rings (SSSR count). The lowest BCUT2D eigenvalue weighted by atomic mass is 10.1. The molecule has 2 aromatic carbocycles. The summed E-state index contributed by atoms with van der Waals surface area (Å²) >= 11 is 5.99. The molecule has 0 aliphatic carbocycles. The minimum atomic E-state index is -4.49. The molecule has 0 aliphatic heterocycles. The molecule has 0 aliphatic rings. The number of aryl methyl sites for hydroxylation is 1. The highest BCUT2D eigenvalue weighted by molar-refractivity contribution is 9.10. The van der Waals surface area contributed by atoms with E-state index in [-0.39, 0.29) is 28.9 Å².